The van der Waals surface area contributed by atoms with Crippen molar-refractivity contribution in [2.45, 2.75) is 45.6 Å². The normalized spacial score (nSPS) is 12.4. The maximum absolute atomic E-state index is 6.17. The van der Waals surface area contributed by atoms with Gasteiger partial charge in [-0.1, -0.05) is 44.9 Å². The molecule has 0 aliphatic carbocycles. The summed E-state index contributed by atoms with van der Waals surface area (Å²) in [5, 5.41) is 0. The third-order valence-electron chi connectivity index (χ3n) is 2.65. The van der Waals surface area contributed by atoms with Crippen LogP contribution in [0.15, 0.2) is 24.3 Å². The first-order chi connectivity index (χ1) is 7.79. The molecule has 0 saturated carbocycles. The summed E-state index contributed by atoms with van der Waals surface area (Å²) in [7, 11) is 0. The van der Waals surface area contributed by atoms with E-state index in [9.17, 15) is 0 Å². The van der Waals surface area contributed by atoms with Crippen LogP contribution in [0, 0.1) is 0 Å². The summed E-state index contributed by atoms with van der Waals surface area (Å²) in [5.74, 6) is 0.952. The van der Waals surface area contributed by atoms with Crippen molar-refractivity contribution >= 4 is 0 Å². The summed E-state index contributed by atoms with van der Waals surface area (Å²) >= 11 is 0. The summed E-state index contributed by atoms with van der Waals surface area (Å²) in [5.41, 5.74) is 7.32. The van der Waals surface area contributed by atoms with E-state index >= 15 is 0 Å². The zero-order chi connectivity index (χ0) is 11.8. The van der Waals surface area contributed by atoms with Gasteiger partial charge in [-0.2, -0.15) is 0 Å². The summed E-state index contributed by atoms with van der Waals surface area (Å²) in [6, 6.07) is 8.22. The Hall–Kier alpha value is -1.02. The summed E-state index contributed by atoms with van der Waals surface area (Å²) < 4.78 is 5.71. The highest BCUT2D eigenvalue weighted by Crippen LogP contribution is 2.26. The quantitative estimate of drug-likeness (QED) is 0.762. The topological polar surface area (TPSA) is 35.2 Å². The van der Waals surface area contributed by atoms with Gasteiger partial charge in [0, 0.05) is 11.6 Å². The lowest BCUT2D eigenvalue weighted by Crippen LogP contribution is -2.12. The maximum Gasteiger partial charge on any atom is 0.124 e. The molecule has 0 amide bonds. The van der Waals surface area contributed by atoms with E-state index in [0.29, 0.717) is 0 Å². The van der Waals surface area contributed by atoms with Crippen molar-refractivity contribution in [1.82, 2.24) is 0 Å². The molecule has 1 aromatic rings. The molecule has 0 aliphatic heterocycles. The van der Waals surface area contributed by atoms with Crippen LogP contribution in [0.3, 0.4) is 0 Å². The number of ether oxygens (including phenoxy) is 1. The van der Waals surface area contributed by atoms with Gasteiger partial charge in [0.2, 0.25) is 0 Å². The van der Waals surface area contributed by atoms with Gasteiger partial charge in [0.15, 0.2) is 0 Å². The smallest absolute Gasteiger partial charge is 0.124 e. The fourth-order valence-corrected chi connectivity index (χ4v) is 1.71. The van der Waals surface area contributed by atoms with Crippen molar-refractivity contribution in [3.05, 3.63) is 29.8 Å². The Bertz CT molecular complexity index is 299. The molecule has 1 atom stereocenters. The predicted molar refractivity (Wildman–Crippen MR) is 68.7 cm³/mol. The number of unbranched alkanes of at least 4 members (excludes halogenated alkanes) is 1. The van der Waals surface area contributed by atoms with Crippen LogP contribution in [0.5, 0.6) is 5.75 Å². The monoisotopic (exact) mass is 221 g/mol. The van der Waals surface area contributed by atoms with E-state index < -0.39 is 0 Å². The van der Waals surface area contributed by atoms with Gasteiger partial charge in [0.1, 0.15) is 5.75 Å². The van der Waals surface area contributed by atoms with E-state index in [0.717, 1.165) is 30.8 Å². The van der Waals surface area contributed by atoms with Crippen LogP contribution in [-0.4, -0.2) is 6.61 Å². The highest BCUT2D eigenvalue weighted by molar-refractivity contribution is 5.35. The minimum atomic E-state index is 0.105. The molecule has 2 heteroatoms. The molecule has 0 saturated heterocycles. The van der Waals surface area contributed by atoms with Gasteiger partial charge in [0.05, 0.1) is 6.61 Å². The number of benzene rings is 1. The van der Waals surface area contributed by atoms with Crippen molar-refractivity contribution in [1.29, 1.82) is 0 Å². The molecular weight excluding hydrogens is 198 g/mol. The molecule has 16 heavy (non-hydrogen) atoms. The molecule has 0 unspecified atom stereocenters. The molecule has 1 rings (SSSR count). The zero-order valence-corrected chi connectivity index (χ0v) is 10.4. The lowest BCUT2D eigenvalue weighted by molar-refractivity contribution is 0.311. The Labute approximate surface area is 98.8 Å². The molecule has 0 aromatic heterocycles. The van der Waals surface area contributed by atoms with Crippen LogP contribution in [0.25, 0.3) is 0 Å². The second-order valence-corrected chi connectivity index (χ2v) is 4.14. The lowest BCUT2D eigenvalue weighted by atomic mass is 10.0. The Kier molecular flexibility index (Phi) is 5.94. The van der Waals surface area contributed by atoms with Gasteiger partial charge in [-0.05, 0) is 18.9 Å². The lowest BCUT2D eigenvalue weighted by Gasteiger charge is -2.16. The Morgan fingerprint density at radius 2 is 1.94 bits per heavy atom. The first-order valence-electron chi connectivity index (χ1n) is 6.26. The van der Waals surface area contributed by atoms with E-state index in [2.05, 4.69) is 19.9 Å². The molecule has 0 radical (unpaired) electrons. The molecule has 0 aliphatic rings. The van der Waals surface area contributed by atoms with Crippen molar-refractivity contribution < 1.29 is 4.74 Å². The summed E-state index contributed by atoms with van der Waals surface area (Å²) in [6.07, 6.45) is 4.41. The molecule has 0 heterocycles. The summed E-state index contributed by atoms with van der Waals surface area (Å²) in [4.78, 5) is 0. The van der Waals surface area contributed by atoms with Crippen LogP contribution in [0.4, 0.5) is 0 Å². The van der Waals surface area contributed by atoms with E-state index in [1.807, 2.05) is 18.2 Å². The average Bonchev–Trinajstić information content (AvgIpc) is 2.33. The van der Waals surface area contributed by atoms with E-state index in [-0.39, 0.29) is 6.04 Å². The number of para-hydroxylation sites is 1. The van der Waals surface area contributed by atoms with Crippen LogP contribution < -0.4 is 10.5 Å². The second kappa shape index (κ2) is 7.29. The SMILES string of the molecule is CCCC[C@H](N)c1ccccc1OCCC. The van der Waals surface area contributed by atoms with E-state index in [4.69, 9.17) is 10.5 Å². The van der Waals surface area contributed by atoms with Gasteiger partial charge in [-0.25, -0.2) is 0 Å². The van der Waals surface area contributed by atoms with E-state index in [1.54, 1.807) is 0 Å². The van der Waals surface area contributed by atoms with Crippen molar-refractivity contribution in [3.63, 3.8) is 0 Å². The van der Waals surface area contributed by atoms with Crippen LogP contribution in [-0.2, 0) is 0 Å². The number of hydrogen-bond donors (Lipinski definition) is 1. The molecule has 0 fully saturated rings. The molecule has 2 nitrogen and oxygen atoms in total. The third kappa shape index (κ3) is 3.86. The fraction of sp³-hybridized carbons (Fsp3) is 0.571. The molecule has 90 valence electrons. The van der Waals surface area contributed by atoms with Crippen molar-refractivity contribution in [2.75, 3.05) is 6.61 Å². The molecule has 2 N–H and O–H groups in total. The fourth-order valence-electron chi connectivity index (χ4n) is 1.71. The van der Waals surface area contributed by atoms with Crippen LogP contribution >= 0.6 is 0 Å². The van der Waals surface area contributed by atoms with Gasteiger partial charge in [-0.15, -0.1) is 0 Å². The van der Waals surface area contributed by atoms with Crippen molar-refractivity contribution in [3.8, 4) is 5.75 Å². The largest absolute Gasteiger partial charge is 0.493 e. The Balaban J connectivity index is 2.68. The minimum Gasteiger partial charge on any atom is -0.493 e. The minimum absolute atomic E-state index is 0.105. The Morgan fingerprint density at radius 1 is 1.19 bits per heavy atom. The molecule has 0 bridgehead atoms. The van der Waals surface area contributed by atoms with Crippen molar-refractivity contribution in [2.24, 2.45) is 5.73 Å². The molecule has 0 spiro atoms. The summed E-state index contributed by atoms with van der Waals surface area (Å²) in [6.45, 7) is 5.06. The van der Waals surface area contributed by atoms with Gasteiger partial charge in [-0.3, -0.25) is 0 Å². The first kappa shape index (κ1) is 13.0. The highest BCUT2D eigenvalue weighted by atomic mass is 16.5. The van der Waals surface area contributed by atoms with Crippen LogP contribution in [0.1, 0.15) is 51.1 Å². The van der Waals surface area contributed by atoms with Gasteiger partial charge >= 0.3 is 0 Å². The van der Waals surface area contributed by atoms with Gasteiger partial charge in [0.25, 0.3) is 0 Å². The molecular formula is C14H23NO. The highest BCUT2D eigenvalue weighted by Gasteiger charge is 2.10. The first-order valence-corrected chi connectivity index (χ1v) is 6.26. The predicted octanol–water partition coefficient (Wildman–Crippen LogP) is 3.67. The van der Waals surface area contributed by atoms with E-state index in [1.165, 1.54) is 12.8 Å². The standard InChI is InChI=1S/C14H23NO/c1-3-5-9-13(15)12-8-6-7-10-14(12)16-11-4-2/h6-8,10,13H,3-5,9,11,15H2,1-2H3/t13-/m0/s1. The van der Waals surface area contributed by atoms with Gasteiger partial charge < -0.3 is 10.5 Å². The molecule has 1 aromatic carbocycles. The average molecular weight is 221 g/mol. The van der Waals surface area contributed by atoms with Crippen LogP contribution in [0.2, 0.25) is 0 Å². The zero-order valence-electron chi connectivity index (χ0n) is 10.4. The third-order valence-corrected chi connectivity index (χ3v) is 2.65. The second-order valence-electron chi connectivity index (χ2n) is 4.14. The number of nitrogens with two attached hydrogens (primary N) is 1. The maximum atomic E-state index is 6.17. The number of hydrogen-bond acceptors (Lipinski definition) is 2. The number of rotatable bonds is 7. The Morgan fingerprint density at radius 3 is 2.62 bits per heavy atom.